The number of rotatable bonds is 2. The lowest BCUT2D eigenvalue weighted by Crippen LogP contribution is -2.05. The Balaban J connectivity index is 0.00000169. The van der Waals surface area contributed by atoms with Crippen molar-refractivity contribution in [3.8, 4) is 0 Å². The molecule has 0 fully saturated rings. The first kappa shape index (κ1) is 12.7. The van der Waals surface area contributed by atoms with Gasteiger partial charge in [-0.25, -0.2) is 0 Å². The molecule has 1 aromatic rings. The Hall–Kier alpha value is -1.32. The number of benzene rings is 1. The van der Waals surface area contributed by atoms with E-state index in [4.69, 9.17) is 0 Å². The molecule has 0 aliphatic heterocycles. The normalized spacial score (nSPS) is 10.5. The van der Waals surface area contributed by atoms with Gasteiger partial charge in [-0.2, -0.15) is 13.2 Å². The van der Waals surface area contributed by atoms with Crippen molar-refractivity contribution in [2.75, 3.05) is 0 Å². The highest BCUT2D eigenvalue weighted by Gasteiger charge is 2.30. The summed E-state index contributed by atoms with van der Waals surface area (Å²) >= 11 is 0. The number of alkyl halides is 3. The van der Waals surface area contributed by atoms with Crippen molar-refractivity contribution in [3.05, 3.63) is 35.4 Å². The van der Waals surface area contributed by atoms with Crippen molar-refractivity contribution in [3.63, 3.8) is 0 Å². The Morgan fingerprint density at radius 3 is 2.43 bits per heavy atom. The highest BCUT2D eigenvalue weighted by Crippen LogP contribution is 2.29. The van der Waals surface area contributed by atoms with E-state index in [1.165, 1.54) is 12.1 Å². The van der Waals surface area contributed by atoms with Crippen LogP contribution in [0.2, 0.25) is 0 Å². The predicted octanol–water partition coefficient (Wildman–Crippen LogP) is 3.08. The zero-order valence-electron chi connectivity index (χ0n) is 6.64. The van der Waals surface area contributed by atoms with E-state index in [1.54, 1.807) is 0 Å². The maximum absolute atomic E-state index is 12.1. The van der Waals surface area contributed by atoms with Crippen LogP contribution in [0.25, 0.3) is 0 Å². The second-order valence-corrected chi connectivity index (χ2v) is 2.57. The number of aldehydes is 1. The lowest BCUT2D eigenvalue weighted by atomic mass is 10.1. The molecule has 0 N–H and O–H groups in total. The number of hydrogen-bond donors (Lipinski definition) is 0. The van der Waals surface area contributed by atoms with Gasteiger partial charge in [0.2, 0.25) is 0 Å². The van der Waals surface area contributed by atoms with Crippen molar-refractivity contribution < 1.29 is 18.0 Å². The molecule has 0 bridgehead atoms. The fourth-order valence-electron chi connectivity index (χ4n) is 0.971. The van der Waals surface area contributed by atoms with E-state index in [0.29, 0.717) is 11.8 Å². The Morgan fingerprint density at radius 2 is 1.93 bits per heavy atom. The van der Waals surface area contributed by atoms with Gasteiger partial charge in [-0.1, -0.05) is 25.6 Å². The van der Waals surface area contributed by atoms with E-state index in [9.17, 15) is 18.0 Å². The molecule has 14 heavy (non-hydrogen) atoms. The van der Waals surface area contributed by atoms with Crippen molar-refractivity contribution in [1.29, 1.82) is 0 Å². The third kappa shape index (κ3) is 3.20. The minimum absolute atomic E-state index is 0. The fraction of sp³-hybridized carbons (Fsp3) is 0.300. The largest absolute Gasteiger partial charge is 0.416 e. The van der Waals surface area contributed by atoms with Crippen LogP contribution >= 0.6 is 0 Å². The van der Waals surface area contributed by atoms with Gasteiger partial charge >= 0.3 is 6.18 Å². The fourth-order valence-corrected chi connectivity index (χ4v) is 0.971. The third-order valence-electron chi connectivity index (χ3n) is 1.57. The SMILES string of the molecule is C.O=CCc1cccc(C(F)(F)F)c1. The van der Waals surface area contributed by atoms with Crippen LogP contribution in [0.15, 0.2) is 24.3 Å². The van der Waals surface area contributed by atoms with Crippen LogP contribution in [0.3, 0.4) is 0 Å². The second-order valence-electron chi connectivity index (χ2n) is 2.57. The van der Waals surface area contributed by atoms with E-state index in [1.807, 2.05) is 0 Å². The molecular formula is C10H11F3O. The van der Waals surface area contributed by atoms with Gasteiger partial charge < -0.3 is 4.79 Å². The molecule has 4 heteroatoms. The van der Waals surface area contributed by atoms with Gasteiger partial charge in [0.05, 0.1) is 5.56 Å². The Morgan fingerprint density at radius 1 is 1.29 bits per heavy atom. The molecule has 78 valence electrons. The summed E-state index contributed by atoms with van der Waals surface area (Å²) in [5.74, 6) is 0. The Kier molecular flexibility index (Phi) is 4.34. The molecule has 0 heterocycles. The van der Waals surface area contributed by atoms with Crippen LogP contribution in [0.5, 0.6) is 0 Å². The van der Waals surface area contributed by atoms with Gasteiger partial charge in [0, 0.05) is 6.42 Å². The quantitative estimate of drug-likeness (QED) is 0.676. The highest BCUT2D eigenvalue weighted by molar-refractivity contribution is 5.55. The average Bonchev–Trinajstić information content (AvgIpc) is 2.04. The minimum Gasteiger partial charge on any atom is -0.303 e. The van der Waals surface area contributed by atoms with Crippen molar-refractivity contribution in [2.45, 2.75) is 20.0 Å². The maximum Gasteiger partial charge on any atom is 0.416 e. The van der Waals surface area contributed by atoms with Crippen LogP contribution in [-0.4, -0.2) is 6.29 Å². The molecule has 0 unspecified atom stereocenters. The summed E-state index contributed by atoms with van der Waals surface area (Å²) < 4.78 is 36.4. The third-order valence-corrected chi connectivity index (χ3v) is 1.57. The van der Waals surface area contributed by atoms with Gasteiger partial charge in [-0.3, -0.25) is 0 Å². The summed E-state index contributed by atoms with van der Waals surface area (Å²) in [6.45, 7) is 0. The number of hydrogen-bond acceptors (Lipinski definition) is 1. The topological polar surface area (TPSA) is 17.1 Å². The monoisotopic (exact) mass is 204 g/mol. The zero-order valence-corrected chi connectivity index (χ0v) is 6.64. The highest BCUT2D eigenvalue weighted by atomic mass is 19.4. The van der Waals surface area contributed by atoms with Crippen LogP contribution in [-0.2, 0) is 17.4 Å². The zero-order chi connectivity index (χ0) is 9.90. The van der Waals surface area contributed by atoms with Crippen molar-refractivity contribution in [2.24, 2.45) is 0 Å². The van der Waals surface area contributed by atoms with E-state index < -0.39 is 11.7 Å². The molecule has 0 aliphatic carbocycles. The van der Waals surface area contributed by atoms with Gasteiger partial charge in [-0.15, -0.1) is 0 Å². The lowest BCUT2D eigenvalue weighted by molar-refractivity contribution is -0.137. The van der Waals surface area contributed by atoms with Crippen molar-refractivity contribution in [1.82, 2.24) is 0 Å². The summed E-state index contributed by atoms with van der Waals surface area (Å²) in [5, 5.41) is 0. The van der Waals surface area contributed by atoms with Gasteiger partial charge in [0.1, 0.15) is 6.29 Å². The standard InChI is InChI=1S/C9H7F3O.CH4/c10-9(11,12)8-3-1-2-7(6-8)4-5-13;/h1-3,5-6H,4H2;1H4. The molecule has 0 amide bonds. The second kappa shape index (κ2) is 4.79. The van der Waals surface area contributed by atoms with Crippen LogP contribution in [0, 0.1) is 0 Å². The van der Waals surface area contributed by atoms with Crippen LogP contribution in [0.1, 0.15) is 18.6 Å². The van der Waals surface area contributed by atoms with E-state index in [2.05, 4.69) is 0 Å². The van der Waals surface area contributed by atoms with E-state index in [0.717, 1.165) is 12.1 Å². The summed E-state index contributed by atoms with van der Waals surface area (Å²) in [6, 6.07) is 4.74. The van der Waals surface area contributed by atoms with E-state index in [-0.39, 0.29) is 13.8 Å². The number of carbonyl (C=O) groups is 1. The molecule has 0 aliphatic rings. The molecule has 0 saturated carbocycles. The van der Waals surface area contributed by atoms with Crippen LogP contribution < -0.4 is 0 Å². The van der Waals surface area contributed by atoms with Crippen LogP contribution in [0.4, 0.5) is 13.2 Å². The average molecular weight is 204 g/mol. The molecule has 0 aromatic heterocycles. The molecule has 1 aromatic carbocycles. The molecule has 0 atom stereocenters. The molecule has 0 radical (unpaired) electrons. The van der Waals surface area contributed by atoms with Gasteiger partial charge in [-0.05, 0) is 11.6 Å². The predicted molar refractivity (Wildman–Crippen MR) is 47.9 cm³/mol. The molecule has 1 nitrogen and oxygen atoms in total. The minimum atomic E-state index is -4.33. The molecule has 1 rings (SSSR count). The molecule has 0 saturated heterocycles. The number of carbonyl (C=O) groups excluding carboxylic acids is 1. The van der Waals surface area contributed by atoms with Gasteiger partial charge in [0.25, 0.3) is 0 Å². The number of halogens is 3. The first-order valence-electron chi connectivity index (χ1n) is 3.64. The first-order valence-corrected chi connectivity index (χ1v) is 3.64. The first-order chi connectivity index (χ1) is 6.04. The van der Waals surface area contributed by atoms with Crippen molar-refractivity contribution >= 4 is 6.29 Å². The summed E-state index contributed by atoms with van der Waals surface area (Å²) in [6.07, 6.45) is -3.74. The lowest BCUT2D eigenvalue weighted by Gasteiger charge is -2.06. The van der Waals surface area contributed by atoms with E-state index >= 15 is 0 Å². The Labute approximate surface area is 80.6 Å². The summed E-state index contributed by atoms with van der Waals surface area (Å²) in [5.41, 5.74) is -0.336. The molecular weight excluding hydrogens is 193 g/mol. The summed E-state index contributed by atoms with van der Waals surface area (Å²) in [7, 11) is 0. The Bertz CT molecular complexity index is 304. The smallest absolute Gasteiger partial charge is 0.303 e. The maximum atomic E-state index is 12.1. The molecule has 0 spiro atoms. The summed E-state index contributed by atoms with van der Waals surface area (Å²) in [4.78, 5) is 10.1. The van der Waals surface area contributed by atoms with Gasteiger partial charge in [0.15, 0.2) is 0 Å².